The number of rotatable bonds is 7. The Kier molecular flexibility index (Phi) is 6.79. The van der Waals surface area contributed by atoms with E-state index in [1.807, 2.05) is 61.5 Å². The number of para-hydroxylation sites is 1. The van der Waals surface area contributed by atoms with Gasteiger partial charge in [-0.1, -0.05) is 55.5 Å². The normalized spacial score (nSPS) is 10.0. The summed E-state index contributed by atoms with van der Waals surface area (Å²) in [6.45, 7) is 2.13. The Morgan fingerprint density at radius 2 is 1.71 bits per heavy atom. The van der Waals surface area contributed by atoms with Crippen molar-refractivity contribution in [2.75, 3.05) is 11.9 Å². The second-order valence-corrected chi connectivity index (χ2v) is 5.12. The van der Waals surface area contributed by atoms with E-state index in [0.717, 1.165) is 23.2 Å². The second-order valence-electron chi connectivity index (χ2n) is 5.12. The molecule has 3 N–H and O–H groups in total. The Hall–Kier alpha value is -2.86. The van der Waals surface area contributed by atoms with Crippen molar-refractivity contribution in [1.82, 2.24) is 10.8 Å². The predicted octanol–water partition coefficient (Wildman–Crippen LogP) is 2.62. The van der Waals surface area contributed by atoms with Crippen LogP contribution in [-0.2, 0) is 22.7 Å². The van der Waals surface area contributed by atoms with Crippen LogP contribution in [0.1, 0.15) is 18.1 Å². The van der Waals surface area contributed by atoms with E-state index in [9.17, 15) is 9.59 Å². The fraction of sp³-hybridized carbons (Fsp3) is 0.222. The van der Waals surface area contributed by atoms with Gasteiger partial charge in [-0.25, -0.2) is 10.3 Å². The van der Waals surface area contributed by atoms with E-state index in [1.54, 1.807) is 0 Å². The first-order valence-electron chi connectivity index (χ1n) is 7.76. The summed E-state index contributed by atoms with van der Waals surface area (Å²) in [7, 11) is 0. The molecule has 24 heavy (non-hydrogen) atoms. The van der Waals surface area contributed by atoms with Crippen molar-refractivity contribution in [3.8, 4) is 0 Å². The van der Waals surface area contributed by atoms with Crippen molar-refractivity contribution >= 4 is 17.6 Å². The van der Waals surface area contributed by atoms with Crippen LogP contribution in [0.25, 0.3) is 0 Å². The third-order valence-electron chi connectivity index (χ3n) is 3.33. The molecule has 0 unspecified atom stereocenters. The van der Waals surface area contributed by atoms with Gasteiger partial charge in [-0.15, -0.1) is 0 Å². The number of hydrogen-bond acceptors (Lipinski definition) is 3. The molecule has 0 saturated carbocycles. The first kappa shape index (κ1) is 17.5. The third-order valence-corrected chi connectivity index (χ3v) is 3.33. The van der Waals surface area contributed by atoms with Gasteiger partial charge >= 0.3 is 6.03 Å². The van der Waals surface area contributed by atoms with Gasteiger partial charge in [0.25, 0.3) is 0 Å². The topological polar surface area (TPSA) is 79.5 Å². The summed E-state index contributed by atoms with van der Waals surface area (Å²) in [5, 5.41) is 5.22. The van der Waals surface area contributed by atoms with Crippen LogP contribution in [0.15, 0.2) is 54.6 Å². The molecule has 0 aromatic heterocycles. The van der Waals surface area contributed by atoms with Gasteiger partial charge in [-0.2, -0.15) is 0 Å². The van der Waals surface area contributed by atoms with Gasteiger partial charge < -0.3 is 10.6 Å². The molecule has 6 nitrogen and oxygen atoms in total. The fourth-order valence-corrected chi connectivity index (χ4v) is 2.10. The molecular formula is C18H21N3O3. The standard InChI is InChI=1S/C18H21N3O3/c1-2-15-10-6-7-11-16(15)20-17(22)12-19-18(23)21-24-13-14-8-4-3-5-9-14/h3-11H,2,12-13H2,1H3,(H,20,22)(H2,19,21,23). The van der Waals surface area contributed by atoms with Gasteiger partial charge in [0.1, 0.15) is 0 Å². The minimum absolute atomic E-state index is 0.140. The lowest BCUT2D eigenvalue weighted by Crippen LogP contribution is -2.40. The molecule has 3 amide bonds. The lowest BCUT2D eigenvalue weighted by molar-refractivity contribution is -0.115. The van der Waals surface area contributed by atoms with Crippen molar-refractivity contribution in [2.24, 2.45) is 0 Å². The number of nitrogens with one attached hydrogen (secondary N) is 3. The van der Waals surface area contributed by atoms with E-state index in [1.165, 1.54) is 0 Å². The zero-order chi connectivity index (χ0) is 17.2. The zero-order valence-corrected chi connectivity index (χ0v) is 13.5. The second kappa shape index (κ2) is 9.32. The van der Waals surface area contributed by atoms with Gasteiger partial charge in [-0.05, 0) is 23.6 Å². The maximum Gasteiger partial charge on any atom is 0.339 e. The highest BCUT2D eigenvalue weighted by Gasteiger charge is 2.07. The summed E-state index contributed by atoms with van der Waals surface area (Å²) in [5.74, 6) is -0.297. The predicted molar refractivity (Wildman–Crippen MR) is 92.2 cm³/mol. The van der Waals surface area contributed by atoms with Crippen LogP contribution in [0, 0.1) is 0 Å². The van der Waals surface area contributed by atoms with Gasteiger partial charge in [0.2, 0.25) is 5.91 Å². The largest absolute Gasteiger partial charge is 0.339 e. The molecule has 2 rings (SSSR count). The molecule has 0 saturated heterocycles. The molecular weight excluding hydrogens is 306 g/mol. The Morgan fingerprint density at radius 3 is 2.46 bits per heavy atom. The number of anilines is 1. The maximum atomic E-state index is 11.9. The number of hydroxylamine groups is 1. The number of carbonyl (C=O) groups excluding carboxylic acids is 2. The molecule has 0 radical (unpaired) electrons. The monoisotopic (exact) mass is 327 g/mol. The Morgan fingerprint density at radius 1 is 1.00 bits per heavy atom. The molecule has 0 spiro atoms. The first-order valence-corrected chi connectivity index (χ1v) is 7.76. The van der Waals surface area contributed by atoms with Crippen molar-refractivity contribution in [3.63, 3.8) is 0 Å². The Labute approximate surface area is 141 Å². The third kappa shape index (κ3) is 5.73. The first-order chi connectivity index (χ1) is 11.7. The average molecular weight is 327 g/mol. The summed E-state index contributed by atoms with van der Waals surface area (Å²) < 4.78 is 0. The van der Waals surface area contributed by atoms with E-state index in [2.05, 4.69) is 16.1 Å². The number of carbonyl (C=O) groups is 2. The highest BCUT2D eigenvalue weighted by atomic mass is 16.7. The maximum absolute atomic E-state index is 11.9. The molecule has 0 fully saturated rings. The molecule has 0 aliphatic rings. The van der Waals surface area contributed by atoms with E-state index in [0.29, 0.717) is 0 Å². The van der Waals surface area contributed by atoms with Crippen molar-refractivity contribution in [1.29, 1.82) is 0 Å². The lowest BCUT2D eigenvalue weighted by atomic mass is 10.1. The minimum Gasteiger partial charge on any atom is -0.327 e. The molecule has 6 heteroatoms. The van der Waals surface area contributed by atoms with Crippen molar-refractivity contribution in [2.45, 2.75) is 20.0 Å². The lowest BCUT2D eigenvalue weighted by Gasteiger charge is -2.11. The summed E-state index contributed by atoms with van der Waals surface area (Å²) >= 11 is 0. The number of aryl methyl sites for hydroxylation is 1. The molecule has 2 aromatic rings. The van der Waals surface area contributed by atoms with Crippen LogP contribution in [0.3, 0.4) is 0 Å². The number of urea groups is 1. The number of hydrogen-bond donors (Lipinski definition) is 3. The summed E-state index contributed by atoms with van der Waals surface area (Å²) in [6, 6.07) is 16.4. The van der Waals surface area contributed by atoms with Crippen LogP contribution in [0.5, 0.6) is 0 Å². The van der Waals surface area contributed by atoms with Crippen LogP contribution < -0.4 is 16.1 Å². The highest BCUT2D eigenvalue weighted by Crippen LogP contribution is 2.14. The molecule has 0 atom stereocenters. The van der Waals surface area contributed by atoms with Crippen LogP contribution in [0.4, 0.5) is 10.5 Å². The molecule has 0 heterocycles. The quantitative estimate of drug-likeness (QED) is 0.684. The van der Waals surface area contributed by atoms with E-state index in [-0.39, 0.29) is 19.1 Å². The highest BCUT2D eigenvalue weighted by molar-refractivity contribution is 5.94. The molecule has 2 aromatic carbocycles. The molecule has 0 aliphatic heterocycles. The van der Waals surface area contributed by atoms with E-state index >= 15 is 0 Å². The molecule has 0 aliphatic carbocycles. The zero-order valence-electron chi connectivity index (χ0n) is 13.5. The van der Waals surface area contributed by atoms with E-state index in [4.69, 9.17) is 4.84 Å². The minimum atomic E-state index is -0.565. The van der Waals surface area contributed by atoms with Gasteiger partial charge in [0.15, 0.2) is 0 Å². The van der Waals surface area contributed by atoms with Gasteiger partial charge in [0, 0.05) is 5.69 Å². The Bertz CT molecular complexity index is 674. The summed E-state index contributed by atoms with van der Waals surface area (Å²) in [6.07, 6.45) is 0.817. The SMILES string of the molecule is CCc1ccccc1NC(=O)CNC(=O)NOCc1ccccc1. The smallest absolute Gasteiger partial charge is 0.327 e. The van der Waals surface area contributed by atoms with Crippen molar-refractivity contribution in [3.05, 3.63) is 65.7 Å². The molecule has 126 valence electrons. The molecule has 0 bridgehead atoms. The summed E-state index contributed by atoms with van der Waals surface area (Å²) in [4.78, 5) is 28.5. The van der Waals surface area contributed by atoms with Crippen LogP contribution in [0.2, 0.25) is 0 Å². The number of benzene rings is 2. The van der Waals surface area contributed by atoms with Gasteiger partial charge in [0.05, 0.1) is 13.2 Å². The fourth-order valence-electron chi connectivity index (χ4n) is 2.10. The Balaban J connectivity index is 1.68. The van der Waals surface area contributed by atoms with Crippen LogP contribution in [-0.4, -0.2) is 18.5 Å². The van der Waals surface area contributed by atoms with E-state index < -0.39 is 6.03 Å². The van der Waals surface area contributed by atoms with Gasteiger partial charge in [-0.3, -0.25) is 9.63 Å². The average Bonchev–Trinajstić information content (AvgIpc) is 2.61. The summed E-state index contributed by atoms with van der Waals surface area (Å²) in [5.41, 5.74) is 4.98. The van der Waals surface area contributed by atoms with Crippen LogP contribution >= 0.6 is 0 Å². The van der Waals surface area contributed by atoms with Crippen molar-refractivity contribution < 1.29 is 14.4 Å². The number of amides is 3.